The minimum atomic E-state index is -4.56. The lowest BCUT2D eigenvalue weighted by Gasteiger charge is -2.09. The molecule has 1 heterocycles. The summed E-state index contributed by atoms with van der Waals surface area (Å²) in [6.45, 7) is 0.235. The highest BCUT2D eigenvalue weighted by atomic mass is 19.4. The average Bonchev–Trinajstić information content (AvgIpc) is 3.15. The number of carbonyl (C=O) groups is 1. The van der Waals surface area contributed by atoms with Gasteiger partial charge in [0.2, 0.25) is 0 Å². The highest BCUT2D eigenvalue weighted by molar-refractivity contribution is 6.10. The summed E-state index contributed by atoms with van der Waals surface area (Å²) in [6, 6.07) is 19.6. The summed E-state index contributed by atoms with van der Waals surface area (Å²) in [7, 11) is 0. The fourth-order valence-electron chi connectivity index (χ4n) is 3.61. The Bertz CT molecular complexity index is 1440. The van der Waals surface area contributed by atoms with Gasteiger partial charge in [-0.05, 0) is 36.4 Å². The van der Waals surface area contributed by atoms with E-state index in [1.807, 2.05) is 12.1 Å². The van der Waals surface area contributed by atoms with Crippen molar-refractivity contribution in [1.29, 1.82) is 5.26 Å². The Balaban J connectivity index is 1.66. The van der Waals surface area contributed by atoms with Crippen molar-refractivity contribution in [3.8, 4) is 6.07 Å². The maximum atomic E-state index is 14.2. The largest absolute Gasteiger partial charge is 0.416 e. The molecule has 0 saturated heterocycles. The van der Waals surface area contributed by atoms with Crippen LogP contribution in [0.4, 0.5) is 23.2 Å². The first-order valence-corrected chi connectivity index (χ1v) is 10.2. The molecule has 170 valence electrons. The number of para-hydroxylation sites is 1. The van der Waals surface area contributed by atoms with E-state index >= 15 is 0 Å². The smallest absolute Gasteiger partial charge is 0.342 e. The molecule has 0 aliphatic heterocycles. The first-order chi connectivity index (χ1) is 16.3. The van der Waals surface area contributed by atoms with Crippen LogP contribution in [0.2, 0.25) is 0 Å². The Kier molecular flexibility index (Phi) is 6.19. The zero-order valence-corrected chi connectivity index (χ0v) is 17.6. The molecule has 8 heteroatoms. The number of anilines is 1. The number of nitrogens with zero attached hydrogens (tertiary/aromatic N) is 2. The van der Waals surface area contributed by atoms with Gasteiger partial charge in [0.05, 0.1) is 12.1 Å². The summed E-state index contributed by atoms with van der Waals surface area (Å²) >= 11 is 0. The van der Waals surface area contributed by atoms with Crippen LogP contribution >= 0.6 is 0 Å². The van der Waals surface area contributed by atoms with Gasteiger partial charge in [0.25, 0.3) is 5.91 Å². The van der Waals surface area contributed by atoms with E-state index in [9.17, 15) is 27.6 Å². The SMILES string of the molecule is N#C/C(=C/c1cn(Cc2ccccc2F)c2ccccc12)C(=O)Nc1cccc(C(F)(F)F)c1. The van der Waals surface area contributed by atoms with Gasteiger partial charge in [-0.25, -0.2) is 4.39 Å². The molecule has 4 rings (SSSR count). The molecule has 4 nitrogen and oxygen atoms in total. The lowest BCUT2D eigenvalue weighted by molar-refractivity contribution is -0.137. The Morgan fingerprint density at radius 3 is 2.50 bits per heavy atom. The number of nitriles is 1. The molecule has 0 unspecified atom stereocenters. The van der Waals surface area contributed by atoms with Crippen molar-refractivity contribution in [3.63, 3.8) is 0 Å². The van der Waals surface area contributed by atoms with Crippen LogP contribution in [0.25, 0.3) is 17.0 Å². The number of aromatic nitrogens is 1. The van der Waals surface area contributed by atoms with E-state index in [1.54, 1.807) is 47.2 Å². The van der Waals surface area contributed by atoms with Crippen molar-refractivity contribution in [2.45, 2.75) is 12.7 Å². The average molecular weight is 463 g/mol. The van der Waals surface area contributed by atoms with E-state index in [-0.39, 0.29) is 23.6 Å². The molecule has 0 atom stereocenters. The number of fused-ring (bicyclic) bond motifs is 1. The van der Waals surface area contributed by atoms with Crippen molar-refractivity contribution in [1.82, 2.24) is 4.57 Å². The van der Waals surface area contributed by atoms with Gasteiger partial charge in [-0.2, -0.15) is 18.4 Å². The monoisotopic (exact) mass is 463 g/mol. The summed E-state index contributed by atoms with van der Waals surface area (Å²) in [6.07, 6.45) is -1.50. The predicted octanol–water partition coefficient (Wildman–Crippen LogP) is 6.39. The first-order valence-electron chi connectivity index (χ1n) is 10.2. The highest BCUT2D eigenvalue weighted by Crippen LogP contribution is 2.31. The van der Waals surface area contributed by atoms with E-state index in [4.69, 9.17) is 0 Å². The van der Waals surface area contributed by atoms with Gasteiger partial charge in [-0.1, -0.05) is 42.5 Å². The molecule has 0 saturated carbocycles. The molecule has 1 aromatic heterocycles. The fourth-order valence-corrected chi connectivity index (χ4v) is 3.61. The maximum absolute atomic E-state index is 14.2. The maximum Gasteiger partial charge on any atom is 0.416 e. The number of rotatable bonds is 5. The van der Waals surface area contributed by atoms with E-state index in [0.717, 1.165) is 23.0 Å². The molecule has 3 aromatic carbocycles. The quantitative estimate of drug-likeness (QED) is 0.212. The summed E-state index contributed by atoms with van der Waals surface area (Å²) in [5.74, 6) is -1.19. The number of amides is 1. The molecule has 4 aromatic rings. The van der Waals surface area contributed by atoms with Gasteiger partial charge in [-0.3, -0.25) is 4.79 Å². The molecule has 0 spiro atoms. The number of hydrogen-bond donors (Lipinski definition) is 1. The minimum Gasteiger partial charge on any atom is -0.342 e. The number of halogens is 4. The van der Waals surface area contributed by atoms with E-state index in [0.29, 0.717) is 11.1 Å². The van der Waals surface area contributed by atoms with Crippen molar-refractivity contribution in [3.05, 3.63) is 107 Å². The third kappa shape index (κ3) is 4.84. The van der Waals surface area contributed by atoms with Gasteiger partial charge in [0.1, 0.15) is 17.5 Å². The van der Waals surface area contributed by atoms with Crippen LogP contribution in [0, 0.1) is 17.1 Å². The zero-order chi connectivity index (χ0) is 24.3. The molecule has 0 aliphatic rings. The van der Waals surface area contributed by atoms with Crippen LogP contribution in [-0.2, 0) is 17.5 Å². The third-order valence-corrected chi connectivity index (χ3v) is 5.23. The summed E-state index contributed by atoms with van der Waals surface area (Å²) in [5.41, 5.74) is 0.509. The number of alkyl halides is 3. The van der Waals surface area contributed by atoms with Crippen molar-refractivity contribution < 1.29 is 22.4 Å². The normalized spacial score (nSPS) is 11.9. The molecule has 34 heavy (non-hydrogen) atoms. The van der Waals surface area contributed by atoms with Crippen LogP contribution in [-0.4, -0.2) is 10.5 Å². The second kappa shape index (κ2) is 9.24. The van der Waals surface area contributed by atoms with E-state index in [1.165, 1.54) is 24.3 Å². The zero-order valence-electron chi connectivity index (χ0n) is 17.6. The van der Waals surface area contributed by atoms with Crippen LogP contribution in [0.1, 0.15) is 16.7 Å². The minimum absolute atomic E-state index is 0.0806. The number of carbonyl (C=O) groups excluding carboxylic acids is 1. The van der Waals surface area contributed by atoms with Crippen LogP contribution in [0.15, 0.2) is 84.6 Å². The van der Waals surface area contributed by atoms with Crippen molar-refractivity contribution in [2.24, 2.45) is 0 Å². The standard InChI is InChI=1S/C26H17F4N3O/c27-23-10-3-1-6-17(23)15-33-16-19(22-9-2-4-11-24(22)33)12-18(14-31)25(34)32-21-8-5-7-20(13-21)26(28,29)30/h1-13,16H,15H2,(H,32,34)/b18-12-. The number of benzene rings is 3. The fraction of sp³-hybridized carbons (Fsp3) is 0.0769. The van der Waals surface area contributed by atoms with Crippen LogP contribution < -0.4 is 5.32 Å². The molecular formula is C26H17F4N3O. The molecule has 0 fully saturated rings. The van der Waals surface area contributed by atoms with Crippen LogP contribution in [0.5, 0.6) is 0 Å². The highest BCUT2D eigenvalue weighted by Gasteiger charge is 2.30. The van der Waals surface area contributed by atoms with Gasteiger partial charge < -0.3 is 9.88 Å². The molecule has 1 N–H and O–H groups in total. The van der Waals surface area contributed by atoms with Gasteiger partial charge >= 0.3 is 6.18 Å². The second-order valence-electron chi connectivity index (χ2n) is 7.52. The summed E-state index contributed by atoms with van der Waals surface area (Å²) in [5, 5.41) is 12.6. The summed E-state index contributed by atoms with van der Waals surface area (Å²) < 4.78 is 54.8. The molecule has 0 aliphatic carbocycles. The molecule has 0 radical (unpaired) electrons. The molecule has 0 bridgehead atoms. The Labute approximate surface area is 192 Å². The topological polar surface area (TPSA) is 57.8 Å². The van der Waals surface area contributed by atoms with Crippen LogP contribution in [0.3, 0.4) is 0 Å². The predicted molar refractivity (Wildman–Crippen MR) is 121 cm³/mol. The molecular weight excluding hydrogens is 446 g/mol. The number of hydrogen-bond acceptors (Lipinski definition) is 2. The second-order valence-corrected chi connectivity index (χ2v) is 7.52. The van der Waals surface area contributed by atoms with Gasteiger partial charge in [-0.15, -0.1) is 0 Å². The third-order valence-electron chi connectivity index (χ3n) is 5.23. The van der Waals surface area contributed by atoms with E-state index in [2.05, 4.69) is 5.32 Å². The lowest BCUT2D eigenvalue weighted by Crippen LogP contribution is -2.14. The Hall–Kier alpha value is -4.38. The number of nitrogens with one attached hydrogen (secondary N) is 1. The molecule has 1 amide bonds. The Morgan fingerprint density at radius 1 is 1.03 bits per heavy atom. The van der Waals surface area contributed by atoms with Gasteiger partial charge in [0.15, 0.2) is 0 Å². The van der Waals surface area contributed by atoms with E-state index < -0.39 is 17.6 Å². The summed E-state index contributed by atoms with van der Waals surface area (Å²) in [4.78, 5) is 12.6. The van der Waals surface area contributed by atoms with Crippen molar-refractivity contribution >= 4 is 28.6 Å². The lowest BCUT2D eigenvalue weighted by atomic mass is 10.1. The van der Waals surface area contributed by atoms with Gasteiger partial charge in [0, 0.05) is 33.9 Å². The first kappa shape index (κ1) is 22.8. The Morgan fingerprint density at radius 2 is 1.76 bits per heavy atom. The van der Waals surface area contributed by atoms with Crippen molar-refractivity contribution in [2.75, 3.05) is 5.32 Å².